The van der Waals surface area contributed by atoms with Gasteiger partial charge in [-0.3, -0.25) is 19.2 Å². The van der Waals surface area contributed by atoms with Crippen LogP contribution < -0.4 is 0 Å². The van der Waals surface area contributed by atoms with Crippen molar-refractivity contribution < 1.29 is 38.1 Å². The van der Waals surface area contributed by atoms with Gasteiger partial charge in [0.1, 0.15) is 0 Å². The molecule has 0 fully saturated rings. The van der Waals surface area contributed by atoms with Crippen LogP contribution in [0.2, 0.25) is 0 Å². The SMILES string of the molecule is C=C(CC(C(=O)OCC)C(=O)OCC)CC(C(=O)OCC)C(=O)OCC. The molecule has 0 N–H and O–H groups in total. The average molecular weight is 372 g/mol. The van der Waals surface area contributed by atoms with E-state index in [-0.39, 0.29) is 39.3 Å². The summed E-state index contributed by atoms with van der Waals surface area (Å²) in [5.41, 5.74) is 0.335. The second kappa shape index (κ2) is 12.9. The second-order valence-electron chi connectivity index (χ2n) is 5.27. The standard InChI is InChI=1S/C18H28O8/c1-6-23-15(19)13(16(20)24-7-2)10-12(5)11-14(17(21)25-8-3)18(22)26-9-4/h13-14H,5-11H2,1-4H3. The van der Waals surface area contributed by atoms with Gasteiger partial charge in [-0.25, -0.2) is 0 Å². The van der Waals surface area contributed by atoms with Crippen LogP contribution in [-0.2, 0) is 38.1 Å². The topological polar surface area (TPSA) is 105 Å². The minimum Gasteiger partial charge on any atom is -0.465 e. The fourth-order valence-electron chi connectivity index (χ4n) is 2.16. The number of rotatable bonds is 12. The Balaban J connectivity index is 5.17. The van der Waals surface area contributed by atoms with Gasteiger partial charge in [-0.2, -0.15) is 0 Å². The molecular weight excluding hydrogens is 344 g/mol. The summed E-state index contributed by atoms with van der Waals surface area (Å²) in [5.74, 6) is -5.36. The van der Waals surface area contributed by atoms with E-state index >= 15 is 0 Å². The van der Waals surface area contributed by atoms with Crippen molar-refractivity contribution in [1.29, 1.82) is 0 Å². The molecule has 148 valence electrons. The number of ether oxygens (including phenoxy) is 4. The first-order valence-corrected chi connectivity index (χ1v) is 8.65. The lowest BCUT2D eigenvalue weighted by Crippen LogP contribution is -2.31. The number of carbonyl (C=O) groups is 4. The highest BCUT2D eigenvalue weighted by atomic mass is 16.6. The highest BCUT2D eigenvalue weighted by Crippen LogP contribution is 2.22. The van der Waals surface area contributed by atoms with Gasteiger partial charge >= 0.3 is 23.9 Å². The molecule has 8 nitrogen and oxygen atoms in total. The van der Waals surface area contributed by atoms with E-state index < -0.39 is 35.7 Å². The molecule has 0 bridgehead atoms. The zero-order chi connectivity index (χ0) is 20.1. The van der Waals surface area contributed by atoms with Gasteiger partial charge in [0.25, 0.3) is 0 Å². The van der Waals surface area contributed by atoms with E-state index in [1.54, 1.807) is 27.7 Å². The molecule has 0 amide bonds. The summed E-state index contributed by atoms with van der Waals surface area (Å²) in [5, 5.41) is 0. The van der Waals surface area contributed by atoms with Crippen molar-refractivity contribution in [3.63, 3.8) is 0 Å². The summed E-state index contributed by atoms with van der Waals surface area (Å²) >= 11 is 0. The van der Waals surface area contributed by atoms with E-state index in [2.05, 4.69) is 6.58 Å². The highest BCUT2D eigenvalue weighted by Gasteiger charge is 2.34. The van der Waals surface area contributed by atoms with Crippen LogP contribution in [-0.4, -0.2) is 50.3 Å². The maximum Gasteiger partial charge on any atom is 0.320 e. The quantitative estimate of drug-likeness (QED) is 0.221. The van der Waals surface area contributed by atoms with E-state index in [0.29, 0.717) is 5.57 Å². The van der Waals surface area contributed by atoms with Crippen molar-refractivity contribution in [2.75, 3.05) is 26.4 Å². The third-order valence-electron chi connectivity index (χ3n) is 3.27. The first-order valence-electron chi connectivity index (χ1n) is 8.65. The smallest absolute Gasteiger partial charge is 0.320 e. The van der Waals surface area contributed by atoms with Crippen molar-refractivity contribution in [3.8, 4) is 0 Å². The predicted molar refractivity (Wildman–Crippen MR) is 91.9 cm³/mol. The first-order chi connectivity index (χ1) is 12.3. The van der Waals surface area contributed by atoms with Crippen molar-refractivity contribution in [2.24, 2.45) is 11.8 Å². The monoisotopic (exact) mass is 372 g/mol. The number of carbonyl (C=O) groups excluding carboxylic acids is 4. The van der Waals surface area contributed by atoms with Gasteiger partial charge in [0.05, 0.1) is 26.4 Å². The summed E-state index contributed by atoms with van der Waals surface area (Å²) < 4.78 is 19.5. The first kappa shape index (κ1) is 23.6. The molecule has 8 heteroatoms. The van der Waals surface area contributed by atoms with Gasteiger partial charge in [-0.15, -0.1) is 0 Å². The Kier molecular flexibility index (Phi) is 11.7. The number of hydrogen-bond acceptors (Lipinski definition) is 8. The zero-order valence-electron chi connectivity index (χ0n) is 15.9. The van der Waals surface area contributed by atoms with Crippen LogP contribution in [0, 0.1) is 11.8 Å². The van der Waals surface area contributed by atoms with Crippen LogP contribution in [0.15, 0.2) is 12.2 Å². The summed E-state index contributed by atoms with van der Waals surface area (Å²) in [6.07, 6.45) is -0.208. The summed E-state index contributed by atoms with van der Waals surface area (Å²) in [4.78, 5) is 48.0. The van der Waals surface area contributed by atoms with E-state index in [4.69, 9.17) is 18.9 Å². The van der Waals surface area contributed by atoms with Crippen molar-refractivity contribution >= 4 is 23.9 Å². The van der Waals surface area contributed by atoms with Crippen LogP contribution in [0.3, 0.4) is 0 Å². The Morgan fingerprint density at radius 2 is 0.846 bits per heavy atom. The Bertz CT molecular complexity index is 431. The van der Waals surface area contributed by atoms with Crippen molar-refractivity contribution in [2.45, 2.75) is 40.5 Å². The second-order valence-corrected chi connectivity index (χ2v) is 5.27. The van der Waals surface area contributed by atoms with Gasteiger partial charge < -0.3 is 18.9 Å². The fourth-order valence-corrected chi connectivity index (χ4v) is 2.16. The van der Waals surface area contributed by atoms with Crippen LogP contribution in [0.25, 0.3) is 0 Å². The molecule has 0 spiro atoms. The Labute approximate surface area is 153 Å². The molecule has 0 aliphatic heterocycles. The molecule has 0 radical (unpaired) electrons. The zero-order valence-corrected chi connectivity index (χ0v) is 15.9. The molecular formula is C18H28O8. The summed E-state index contributed by atoms with van der Waals surface area (Å²) in [6, 6.07) is 0. The predicted octanol–water partition coefficient (Wildman–Crippen LogP) is 1.81. The Morgan fingerprint density at radius 3 is 1.04 bits per heavy atom. The highest BCUT2D eigenvalue weighted by molar-refractivity contribution is 5.96. The molecule has 0 rings (SSSR count). The van der Waals surface area contributed by atoms with Crippen molar-refractivity contribution in [3.05, 3.63) is 12.2 Å². The molecule has 0 unspecified atom stereocenters. The number of hydrogen-bond donors (Lipinski definition) is 0. The number of allylic oxidation sites excluding steroid dienone is 1. The maximum atomic E-state index is 12.0. The van der Waals surface area contributed by atoms with Crippen LogP contribution in [0.5, 0.6) is 0 Å². The molecule has 0 aromatic rings. The minimum absolute atomic E-state index is 0.104. The third kappa shape index (κ3) is 8.13. The molecule has 0 aromatic carbocycles. The van der Waals surface area contributed by atoms with Gasteiger partial charge in [0.15, 0.2) is 11.8 Å². The van der Waals surface area contributed by atoms with E-state index in [1.165, 1.54) is 0 Å². The van der Waals surface area contributed by atoms with E-state index in [9.17, 15) is 19.2 Å². The molecule has 0 heterocycles. The van der Waals surface area contributed by atoms with Gasteiger partial charge in [-0.1, -0.05) is 12.2 Å². The molecule has 0 aromatic heterocycles. The van der Waals surface area contributed by atoms with Crippen LogP contribution >= 0.6 is 0 Å². The minimum atomic E-state index is -1.20. The fraction of sp³-hybridized carbons (Fsp3) is 0.667. The maximum absolute atomic E-state index is 12.0. The summed E-state index contributed by atoms with van der Waals surface area (Å²) in [6.45, 7) is 10.7. The molecule has 0 aliphatic carbocycles. The Hall–Kier alpha value is -2.38. The lowest BCUT2D eigenvalue weighted by Gasteiger charge is -2.18. The van der Waals surface area contributed by atoms with Crippen LogP contribution in [0.4, 0.5) is 0 Å². The van der Waals surface area contributed by atoms with Crippen molar-refractivity contribution in [1.82, 2.24) is 0 Å². The van der Waals surface area contributed by atoms with E-state index in [1.807, 2.05) is 0 Å². The lowest BCUT2D eigenvalue weighted by atomic mass is 9.92. The Morgan fingerprint density at radius 1 is 0.615 bits per heavy atom. The molecule has 0 saturated carbocycles. The largest absolute Gasteiger partial charge is 0.465 e. The molecule has 26 heavy (non-hydrogen) atoms. The van der Waals surface area contributed by atoms with Gasteiger partial charge in [0, 0.05) is 0 Å². The lowest BCUT2D eigenvalue weighted by molar-refractivity contribution is -0.162. The number of esters is 4. The molecule has 0 saturated heterocycles. The van der Waals surface area contributed by atoms with Gasteiger partial charge in [0.2, 0.25) is 0 Å². The molecule has 0 atom stereocenters. The summed E-state index contributed by atoms with van der Waals surface area (Å²) in [7, 11) is 0. The average Bonchev–Trinajstić information content (AvgIpc) is 2.58. The molecule has 0 aliphatic rings. The van der Waals surface area contributed by atoms with E-state index in [0.717, 1.165) is 0 Å². The van der Waals surface area contributed by atoms with Crippen LogP contribution in [0.1, 0.15) is 40.5 Å². The normalized spacial score (nSPS) is 10.4. The van der Waals surface area contributed by atoms with Gasteiger partial charge in [-0.05, 0) is 40.5 Å². The third-order valence-corrected chi connectivity index (χ3v) is 3.27.